The third-order valence-electron chi connectivity index (χ3n) is 4.15. The van der Waals surface area contributed by atoms with Gasteiger partial charge in [-0.25, -0.2) is 0 Å². The predicted molar refractivity (Wildman–Crippen MR) is 66.5 cm³/mol. The molecule has 0 aromatic heterocycles. The molecule has 0 aliphatic rings. The highest BCUT2D eigenvalue weighted by molar-refractivity contribution is 4.82. The summed E-state index contributed by atoms with van der Waals surface area (Å²) in [6.07, 6.45) is 10.1. The van der Waals surface area contributed by atoms with Gasteiger partial charge in [0, 0.05) is 0 Å². The topological polar surface area (TPSA) is 0 Å². The first kappa shape index (κ1) is 13.7. The zero-order valence-electron chi connectivity index (χ0n) is 10.6. The number of rotatable bonds is 8. The Morgan fingerprint density at radius 1 is 1.07 bits per heavy atom. The van der Waals surface area contributed by atoms with Crippen LogP contribution in [-0.2, 0) is 0 Å². The minimum Gasteiger partial charge on any atom is -0.103 e. The van der Waals surface area contributed by atoms with E-state index in [-0.39, 0.29) is 0 Å². The van der Waals surface area contributed by atoms with E-state index in [4.69, 9.17) is 0 Å². The molecular weight excluding hydrogens is 168 g/mol. The number of allylic oxidation sites excluding steroid dienone is 1. The minimum atomic E-state index is 0.608. The molecule has 0 aliphatic carbocycles. The van der Waals surface area contributed by atoms with Crippen molar-refractivity contribution in [2.24, 2.45) is 11.3 Å². The lowest BCUT2D eigenvalue weighted by Crippen LogP contribution is -2.18. The van der Waals surface area contributed by atoms with Crippen LogP contribution >= 0.6 is 0 Å². The molecule has 0 aromatic carbocycles. The van der Waals surface area contributed by atoms with Crippen molar-refractivity contribution in [1.29, 1.82) is 0 Å². The molecule has 0 bridgehead atoms. The molecule has 0 heteroatoms. The van der Waals surface area contributed by atoms with Gasteiger partial charge in [-0.1, -0.05) is 53.0 Å². The Kier molecular flexibility index (Phi) is 6.96. The second kappa shape index (κ2) is 7.09. The highest BCUT2D eigenvalue weighted by Gasteiger charge is 2.23. The van der Waals surface area contributed by atoms with Gasteiger partial charge in [0.2, 0.25) is 0 Å². The van der Waals surface area contributed by atoms with Crippen LogP contribution < -0.4 is 0 Å². The maximum Gasteiger partial charge on any atom is -0.0239 e. The van der Waals surface area contributed by atoms with Gasteiger partial charge >= 0.3 is 0 Å². The number of hydrogen-bond acceptors (Lipinski definition) is 0. The predicted octanol–water partition coefficient (Wildman–Crippen LogP) is 5.20. The van der Waals surface area contributed by atoms with Crippen LogP contribution in [0.15, 0.2) is 12.7 Å². The highest BCUT2D eigenvalue weighted by Crippen LogP contribution is 2.37. The van der Waals surface area contributed by atoms with Crippen molar-refractivity contribution < 1.29 is 0 Å². The highest BCUT2D eigenvalue weighted by atomic mass is 14.3. The summed E-state index contributed by atoms with van der Waals surface area (Å²) in [4.78, 5) is 0. The van der Waals surface area contributed by atoms with Gasteiger partial charge in [-0.15, -0.1) is 6.58 Å². The van der Waals surface area contributed by atoms with Crippen molar-refractivity contribution in [3.63, 3.8) is 0 Å². The third-order valence-corrected chi connectivity index (χ3v) is 4.15. The van der Waals surface area contributed by atoms with E-state index in [0.29, 0.717) is 5.41 Å². The second-order valence-electron chi connectivity index (χ2n) is 4.50. The Hall–Kier alpha value is -0.260. The van der Waals surface area contributed by atoms with Crippen molar-refractivity contribution in [3.05, 3.63) is 12.7 Å². The van der Waals surface area contributed by atoms with Crippen molar-refractivity contribution in [2.45, 2.75) is 66.2 Å². The summed E-state index contributed by atoms with van der Waals surface area (Å²) < 4.78 is 0. The summed E-state index contributed by atoms with van der Waals surface area (Å²) in [6.45, 7) is 13.2. The fourth-order valence-corrected chi connectivity index (χ4v) is 2.26. The van der Waals surface area contributed by atoms with E-state index >= 15 is 0 Å². The number of hydrogen-bond donors (Lipinski definition) is 0. The quantitative estimate of drug-likeness (QED) is 0.468. The van der Waals surface area contributed by atoms with Crippen LogP contribution in [0.25, 0.3) is 0 Å². The molecule has 0 heterocycles. The molecule has 0 fully saturated rings. The Labute approximate surface area is 90.8 Å². The molecule has 0 radical (unpaired) electrons. The average Bonchev–Trinajstić information content (AvgIpc) is 2.26. The average molecular weight is 196 g/mol. The molecule has 0 saturated heterocycles. The van der Waals surface area contributed by atoms with E-state index in [1.807, 2.05) is 0 Å². The summed E-state index contributed by atoms with van der Waals surface area (Å²) in [5, 5.41) is 0. The van der Waals surface area contributed by atoms with Crippen molar-refractivity contribution in [1.82, 2.24) is 0 Å². The van der Waals surface area contributed by atoms with Crippen molar-refractivity contribution in [3.8, 4) is 0 Å². The lowest BCUT2D eigenvalue weighted by atomic mass is 9.74. The Morgan fingerprint density at radius 3 is 1.86 bits per heavy atom. The standard InChI is InChI=1S/C14H28/c1-6-13(7-2)11-12-14(8-3,9-4)10-5/h6,13H,1,7-12H2,2-5H3. The lowest BCUT2D eigenvalue weighted by Gasteiger charge is -2.31. The van der Waals surface area contributed by atoms with Gasteiger partial charge in [-0.05, 0) is 30.6 Å². The fourth-order valence-electron chi connectivity index (χ4n) is 2.26. The smallest absolute Gasteiger partial charge is 0.0239 e. The molecule has 84 valence electrons. The van der Waals surface area contributed by atoms with Crippen LogP contribution in [0, 0.1) is 11.3 Å². The van der Waals surface area contributed by atoms with Crippen molar-refractivity contribution in [2.75, 3.05) is 0 Å². The molecule has 0 nitrogen and oxygen atoms in total. The molecule has 14 heavy (non-hydrogen) atoms. The molecule has 0 aliphatic heterocycles. The van der Waals surface area contributed by atoms with Crippen LogP contribution in [0.2, 0.25) is 0 Å². The molecule has 0 saturated carbocycles. The fraction of sp³-hybridized carbons (Fsp3) is 0.857. The van der Waals surface area contributed by atoms with Crippen LogP contribution in [0.3, 0.4) is 0 Å². The third kappa shape index (κ3) is 3.86. The lowest BCUT2D eigenvalue weighted by molar-refractivity contribution is 0.212. The first-order valence-electron chi connectivity index (χ1n) is 6.30. The normalized spacial score (nSPS) is 14.0. The van der Waals surface area contributed by atoms with Crippen LogP contribution in [0.5, 0.6) is 0 Å². The summed E-state index contributed by atoms with van der Waals surface area (Å²) in [7, 11) is 0. The largest absolute Gasteiger partial charge is 0.103 e. The molecule has 0 rings (SSSR count). The van der Waals surface area contributed by atoms with Crippen LogP contribution in [0.4, 0.5) is 0 Å². The zero-order chi connectivity index (χ0) is 11.0. The van der Waals surface area contributed by atoms with Crippen molar-refractivity contribution >= 4 is 0 Å². The van der Waals surface area contributed by atoms with E-state index in [9.17, 15) is 0 Å². The molecule has 0 aromatic rings. The SMILES string of the molecule is C=CC(CC)CCC(CC)(CC)CC. The molecule has 0 N–H and O–H groups in total. The Balaban J connectivity index is 4.10. The van der Waals surface area contributed by atoms with E-state index in [2.05, 4.69) is 40.3 Å². The zero-order valence-corrected chi connectivity index (χ0v) is 10.6. The van der Waals surface area contributed by atoms with E-state index in [1.54, 1.807) is 0 Å². The van der Waals surface area contributed by atoms with Gasteiger partial charge in [0.05, 0.1) is 0 Å². The Bertz CT molecular complexity index is 134. The molecule has 1 unspecified atom stereocenters. The molecule has 0 spiro atoms. The summed E-state index contributed by atoms with van der Waals surface area (Å²) in [5.74, 6) is 0.735. The maximum absolute atomic E-state index is 3.91. The van der Waals surface area contributed by atoms with E-state index in [1.165, 1.54) is 38.5 Å². The van der Waals surface area contributed by atoms with Gasteiger partial charge in [-0.3, -0.25) is 0 Å². The Morgan fingerprint density at radius 2 is 1.57 bits per heavy atom. The summed E-state index contributed by atoms with van der Waals surface area (Å²) in [6, 6.07) is 0. The van der Waals surface area contributed by atoms with E-state index < -0.39 is 0 Å². The van der Waals surface area contributed by atoms with E-state index in [0.717, 1.165) is 5.92 Å². The first-order valence-corrected chi connectivity index (χ1v) is 6.30. The summed E-state index contributed by atoms with van der Waals surface area (Å²) in [5.41, 5.74) is 0.608. The second-order valence-corrected chi connectivity index (χ2v) is 4.50. The van der Waals surface area contributed by atoms with Gasteiger partial charge < -0.3 is 0 Å². The van der Waals surface area contributed by atoms with Gasteiger partial charge in [0.25, 0.3) is 0 Å². The van der Waals surface area contributed by atoms with Gasteiger partial charge in [0.1, 0.15) is 0 Å². The van der Waals surface area contributed by atoms with Crippen LogP contribution in [-0.4, -0.2) is 0 Å². The molecule has 0 amide bonds. The summed E-state index contributed by atoms with van der Waals surface area (Å²) >= 11 is 0. The molecule has 1 atom stereocenters. The molecular formula is C14H28. The van der Waals surface area contributed by atoms with Crippen LogP contribution in [0.1, 0.15) is 66.2 Å². The monoisotopic (exact) mass is 196 g/mol. The maximum atomic E-state index is 3.91. The van der Waals surface area contributed by atoms with Gasteiger partial charge in [0.15, 0.2) is 0 Å². The van der Waals surface area contributed by atoms with Gasteiger partial charge in [-0.2, -0.15) is 0 Å². The first-order chi connectivity index (χ1) is 6.67. The minimum absolute atomic E-state index is 0.608.